The molecule has 0 aliphatic heterocycles. The third-order valence-electron chi connectivity index (χ3n) is 3.40. The number of rotatable bonds is 8. The minimum absolute atomic E-state index is 0.743. The van der Waals surface area contributed by atoms with Crippen LogP contribution >= 0.6 is 0 Å². The van der Waals surface area contributed by atoms with Gasteiger partial charge in [0, 0.05) is 12.6 Å². The van der Waals surface area contributed by atoms with Gasteiger partial charge < -0.3 is 10.6 Å². The standard InChI is InChI=1S/C14H24N6/c1-11-18-13-12(8-6-4-5-7-9-15-2)10-17-20(13)14(16-3)19-11/h10,15H,4-9H2,1-3H3,(H,16,18,19). The lowest BCUT2D eigenvalue weighted by Gasteiger charge is -2.04. The van der Waals surface area contributed by atoms with Gasteiger partial charge in [0.2, 0.25) is 5.95 Å². The van der Waals surface area contributed by atoms with Crippen molar-refractivity contribution in [2.75, 3.05) is 26.0 Å². The summed E-state index contributed by atoms with van der Waals surface area (Å²) < 4.78 is 1.78. The van der Waals surface area contributed by atoms with Crippen LogP contribution in [0.15, 0.2) is 6.20 Å². The van der Waals surface area contributed by atoms with Gasteiger partial charge in [0.1, 0.15) is 5.82 Å². The van der Waals surface area contributed by atoms with E-state index in [-0.39, 0.29) is 0 Å². The van der Waals surface area contributed by atoms with Gasteiger partial charge in [-0.3, -0.25) is 0 Å². The maximum atomic E-state index is 4.51. The first-order valence-corrected chi connectivity index (χ1v) is 7.30. The first kappa shape index (κ1) is 14.7. The number of fused-ring (bicyclic) bond motifs is 1. The molecule has 0 atom stereocenters. The number of aryl methyl sites for hydroxylation is 2. The summed E-state index contributed by atoms with van der Waals surface area (Å²) in [5.41, 5.74) is 2.14. The van der Waals surface area contributed by atoms with Crippen LogP contribution in [0.2, 0.25) is 0 Å². The van der Waals surface area contributed by atoms with Crippen LogP contribution in [0.3, 0.4) is 0 Å². The molecule has 6 nitrogen and oxygen atoms in total. The highest BCUT2D eigenvalue weighted by Crippen LogP contribution is 2.15. The van der Waals surface area contributed by atoms with Gasteiger partial charge in [-0.25, -0.2) is 4.98 Å². The highest BCUT2D eigenvalue weighted by atomic mass is 15.3. The van der Waals surface area contributed by atoms with Gasteiger partial charge in [0.15, 0.2) is 5.65 Å². The molecule has 2 N–H and O–H groups in total. The van der Waals surface area contributed by atoms with E-state index >= 15 is 0 Å². The Hall–Kier alpha value is -1.69. The molecule has 2 aromatic heterocycles. The van der Waals surface area contributed by atoms with Crippen LogP contribution in [0.25, 0.3) is 5.65 Å². The molecule has 2 heterocycles. The predicted octanol–water partition coefficient (Wildman–Crippen LogP) is 1.80. The van der Waals surface area contributed by atoms with Gasteiger partial charge in [-0.2, -0.15) is 14.6 Å². The Balaban J connectivity index is 1.99. The third-order valence-corrected chi connectivity index (χ3v) is 3.40. The van der Waals surface area contributed by atoms with E-state index < -0.39 is 0 Å². The van der Waals surface area contributed by atoms with Crippen molar-refractivity contribution in [1.82, 2.24) is 24.9 Å². The van der Waals surface area contributed by atoms with E-state index in [9.17, 15) is 0 Å². The van der Waals surface area contributed by atoms with Crippen molar-refractivity contribution in [2.24, 2.45) is 0 Å². The molecule has 6 heteroatoms. The second-order valence-electron chi connectivity index (χ2n) is 5.02. The van der Waals surface area contributed by atoms with Crippen LogP contribution in [0.5, 0.6) is 0 Å². The Morgan fingerprint density at radius 2 is 1.90 bits per heavy atom. The SMILES string of the molecule is CNCCCCCCc1cnn2c(NC)nc(C)nc12. The molecule has 0 aromatic carbocycles. The monoisotopic (exact) mass is 276 g/mol. The van der Waals surface area contributed by atoms with Crippen molar-refractivity contribution in [3.05, 3.63) is 17.6 Å². The van der Waals surface area contributed by atoms with E-state index in [0.717, 1.165) is 30.4 Å². The Kier molecular flexibility index (Phi) is 5.29. The smallest absolute Gasteiger partial charge is 0.227 e. The maximum Gasteiger partial charge on any atom is 0.227 e. The molecule has 0 bridgehead atoms. The Bertz CT molecular complexity index is 548. The molecule has 0 fully saturated rings. The summed E-state index contributed by atoms with van der Waals surface area (Å²) in [4.78, 5) is 8.85. The predicted molar refractivity (Wildman–Crippen MR) is 81.2 cm³/mol. The Morgan fingerprint density at radius 3 is 2.65 bits per heavy atom. The zero-order chi connectivity index (χ0) is 14.4. The molecule has 2 aromatic rings. The zero-order valence-electron chi connectivity index (χ0n) is 12.6. The molecule has 0 amide bonds. The van der Waals surface area contributed by atoms with E-state index in [1.807, 2.05) is 27.2 Å². The molecule has 20 heavy (non-hydrogen) atoms. The average Bonchev–Trinajstić information content (AvgIpc) is 2.85. The Morgan fingerprint density at radius 1 is 1.10 bits per heavy atom. The number of anilines is 1. The molecule has 0 unspecified atom stereocenters. The first-order chi connectivity index (χ1) is 9.76. The molecule has 0 aliphatic carbocycles. The van der Waals surface area contributed by atoms with E-state index in [1.54, 1.807) is 4.52 Å². The fraction of sp³-hybridized carbons (Fsp3) is 0.643. The minimum Gasteiger partial charge on any atom is -0.357 e. The van der Waals surface area contributed by atoms with Crippen molar-refractivity contribution in [2.45, 2.75) is 39.0 Å². The lowest BCUT2D eigenvalue weighted by molar-refractivity contribution is 0.617. The molecule has 0 aliphatic rings. The van der Waals surface area contributed by atoms with Gasteiger partial charge in [0.25, 0.3) is 0 Å². The summed E-state index contributed by atoms with van der Waals surface area (Å²) in [5.74, 6) is 1.52. The van der Waals surface area contributed by atoms with Crippen LogP contribution in [-0.2, 0) is 6.42 Å². The second kappa shape index (κ2) is 7.19. The number of hydrogen-bond acceptors (Lipinski definition) is 5. The van der Waals surface area contributed by atoms with E-state index in [0.29, 0.717) is 0 Å². The third kappa shape index (κ3) is 3.45. The summed E-state index contributed by atoms with van der Waals surface area (Å²) in [5, 5.41) is 10.6. The number of nitrogens with zero attached hydrogens (tertiary/aromatic N) is 4. The van der Waals surface area contributed by atoms with E-state index in [1.165, 1.54) is 31.2 Å². The van der Waals surface area contributed by atoms with Crippen LogP contribution in [0.1, 0.15) is 37.1 Å². The van der Waals surface area contributed by atoms with E-state index in [4.69, 9.17) is 0 Å². The van der Waals surface area contributed by atoms with Crippen molar-refractivity contribution in [3.63, 3.8) is 0 Å². The van der Waals surface area contributed by atoms with Gasteiger partial charge in [0.05, 0.1) is 6.20 Å². The zero-order valence-corrected chi connectivity index (χ0v) is 12.6. The van der Waals surface area contributed by atoms with Crippen molar-refractivity contribution < 1.29 is 0 Å². The normalized spacial score (nSPS) is 11.2. The fourth-order valence-electron chi connectivity index (χ4n) is 2.34. The molecule has 110 valence electrons. The summed E-state index contributed by atoms with van der Waals surface area (Å²) in [6.45, 7) is 3.02. The average molecular weight is 276 g/mol. The van der Waals surface area contributed by atoms with E-state index in [2.05, 4.69) is 25.7 Å². The quantitative estimate of drug-likeness (QED) is 0.720. The molecular weight excluding hydrogens is 252 g/mol. The highest BCUT2D eigenvalue weighted by molar-refractivity contribution is 5.50. The highest BCUT2D eigenvalue weighted by Gasteiger charge is 2.10. The van der Waals surface area contributed by atoms with Crippen molar-refractivity contribution >= 4 is 11.6 Å². The molecule has 0 radical (unpaired) electrons. The number of aromatic nitrogens is 4. The minimum atomic E-state index is 0.743. The summed E-state index contributed by atoms with van der Waals surface area (Å²) in [6.07, 6.45) is 7.90. The summed E-state index contributed by atoms with van der Waals surface area (Å²) in [6, 6.07) is 0. The van der Waals surface area contributed by atoms with Gasteiger partial charge in [-0.1, -0.05) is 12.8 Å². The van der Waals surface area contributed by atoms with Crippen LogP contribution < -0.4 is 10.6 Å². The Labute approximate surface area is 120 Å². The lowest BCUT2D eigenvalue weighted by Crippen LogP contribution is -2.07. The van der Waals surface area contributed by atoms with Gasteiger partial charge in [-0.15, -0.1) is 0 Å². The fourth-order valence-corrected chi connectivity index (χ4v) is 2.34. The molecular formula is C14H24N6. The largest absolute Gasteiger partial charge is 0.357 e. The lowest BCUT2D eigenvalue weighted by atomic mass is 10.1. The molecule has 2 rings (SSSR count). The number of hydrogen-bond donors (Lipinski definition) is 2. The van der Waals surface area contributed by atoms with Crippen molar-refractivity contribution in [3.8, 4) is 0 Å². The van der Waals surface area contributed by atoms with Gasteiger partial charge >= 0.3 is 0 Å². The molecule has 0 saturated carbocycles. The summed E-state index contributed by atoms with van der Waals surface area (Å²) >= 11 is 0. The first-order valence-electron chi connectivity index (χ1n) is 7.30. The summed E-state index contributed by atoms with van der Waals surface area (Å²) in [7, 11) is 3.85. The van der Waals surface area contributed by atoms with Crippen molar-refractivity contribution in [1.29, 1.82) is 0 Å². The molecule has 0 spiro atoms. The second-order valence-corrected chi connectivity index (χ2v) is 5.02. The number of unbranched alkanes of at least 4 members (excludes halogenated alkanes) is 3. The molecule has 0 saturated heterocycles. The van der Waals surface area contributed by atoms with Crippen LogP contribution in [-0.4, -0.2) is 40.2 Å². The number of nitrogens with one attached hydrogen (secondary N) is 2. The maximum absolute atomic E-state index is 4.51. The van der Waals surface area contributed by atoms with Crippen LogP contribution in [0.4, 0.5) is 5.95 Å². The topological polar surface area (TPSA) is 67.1 Å². The van der Waals surface area contributed by atoms with Gasteiger partial charge in [-0.05, 0) is 39.8 Å². The van der Waals surface area contributed by atoms with Crippen LogP contribution in [0, 0.1) is 6.92 Å².